The second-order valence-electron chi connectivity index (χ2n) is 5.31. The fraction of sp³-hybridized carbons (Fsp3) is 0.429. The SMILES string of the molecule is [2H]C1CC(c2ccccc2)n2nc(S(=O)(=O)C3CC3)nc21. The number of sulfone groups is 1. The Morgan fingerprint density at radius 2 is 1.95 bits per heavy atom. The van der Waals surface area contributed by atoms with E-state index < -0.39 is 16.2 Å². The Balaban J connectivity index is 1.78. The van der Waals surface area contributed by atoms with Crippen LogP contribution in [0.5, 0.6) is 0 Å². The zero-order valence-electron chi connectivity index (χ0n) is 11.8. The van der Waals surface area contributed by atoms with Crippen molar-refractivity contribution >= 4 is 9.84 Å². The minimum absolute atomic E-state index is 0.0978. The molecule has 1 aromatic carbocycles. The molecule has 1 saturated carbocycles. The van der Waals surface area contributed by atoms with Gasteiger partial charge < -0.3 is 0 Å². The molecule has 104 valence electrons. The van der Waals surface area contributed by atoms with E-state index in [1.165, 1.54) is 0 Å². The number of benzene rings is 1. The van der Waals surface area contributed by atoms with Crippen LogP contribution in [-0.4, -0.2) is 28.4 Å². The van der Waals surface area contributed by atoms with E-state index in [2.05, 4.69) is 10.1 Å². The number of aromatic nitrogens is 3. The molecule has 1 aliphatic heterocycles. The summed E-state index contributed by atoms with van der Waals surface area (Å²) in [6.07, 6.45) is 1.45. The van der Waals surface area contributed by atoms with Crippen LogP contribution in [0.3, 0.4) is 0 Å². The summed E-state index contributed by atoms with van der Waals surface area (Å²) in [5.74, 6) is 0.461. The third-order valence-corrected chi connectivity index (χ3v) is 5.89. The van der Waals surface area contributed by atoms with Crippen LogP contribution in [0.1, 0.15) is 38.1 Å². The second kappa shape index (κ2) is 4.15. The average Bonchev–Trinajstić information content (AvgIpc) is 3.17. The Labute approximate surface area is 119 Å². The number of fused-ring (bicyclic) bond motifs is 1. The van der Waals surface area contributed by atoms with Crippen molar-refractivity contribution in [2.45, 2.75) is 42.1 Å². The first kappa shape index (κ1) is 11.0. The molecule has 2 aromatic rings. The summed E-state index contributed by atoms with van der Waals surface area (Å²) < 4.78 is 34.2. The summed E-state index contributed by atoms with van der Waals surface area (Å²) in [5.41, 5.74) is 1.04. The van der Waals surface area contributed by atoms with Crippen LogP contribution in [0.15, 0.2) is 35.5 Å². The minimum Gasteiger partial charge on any atom is -0.241 e. The van der Waals surface area contributed by atoms with E-state index in [0.29, 0.717) is 25.1 Å². The van der Waals surface area contributed by atoms with E-state index in [-0.39, 0.29) is 16.4 Å². The first-order valence-electron chi connectivity index (χ1n) is 7.32. The lowest BCUT2D eigenvalue weighted by Crippen LogP contribution is -2.12. The summed E-state index contributed by atoms with van der Waals surface area (Å²) in [7, 11) is -3.40. The van der Waals surface area contributed by atoms with Gasteiger partial charge in [-0.3, -0.25) is 0 Å². The summed E-state index contributed by atoms with van der Waals surface area (Å²) in [6.45, 7) is 0. The molecule has 1 aliphatic carbocycles. The lowest BCUT2D eigenvalue weighted by molar-refractivity contribution is 0.532. The first-order chi connectivity index (χ1) is 10.1. The van der Waals surface area contributed by atoms with Crippen molar-refractivity contribution in [1.29, 1.82) is 0 Å². The molecular weight excluding hydrogens is 274 g/mol. The summed E-state index contributed by atoms with van der Waals surface area (Å²) >= 11 is 0. The van der Waals surface area contributed by atoms with Gasteiger partial charge in [0.15, 0.2) is 0 Å². The predicted molar refractivity (Wildman–Crippen MR) is 73.1 cm³/mol. The number of rotatable bonds is 3. The molecule has 6 heteroatoms. The standard InChI is InChI=1S/C14H15N3O2S/c18-20(19,11-6-7-11)14-15-13-9-8-12(17(13)16-14)10-4-2-1-3-5-10/h1-5,11-12H,6-9H2/i9D. The number of hydrogen-bond acceptors (Lipinski definition) is 4. The van der Waals surface area contributed by atoms with E-state index in [0.717, 1.165) is 5.56 Å². The van der Waals surface area contributed by atoms with Crippen LogP contribution in [0, 0.1) is 0 Å². The molecule has 2 unspecified atom stereocenters. The van der Waals surface area contributed by atoms with E-state index in [9.17, 15) is 8.42 Å². The van der Waals surface area contributed by atoms with Gasteiger partial charge in [-0.1, -0.05) is 30.3 Å². The first-order valence-corrected chi connectivity index (χ1v) is 8.29. The third-order valence-electron chi connectivity index (χ3n) is 3.86. The molecule has 4 rings (SSSR count). The van der Waals surface area contributed by atoms with Gasteiger partial charge >= 0.3 is 0 Å². The van der Waals surface area contributed by atoms with Crippen molar-refractivity contribution in [1.82, 2.24) is 14.8 Å². The molecule has 1 aromatic heterocycles. The van der Waals surface area contributed by atoms with Crippen LogP contribution >= 0.6 is 0 Å². The van der Waals surface area contributed by atoms with E-state index in [1.54, 1.807) is 4.68 Å². The molecule has 2 heterocycles. The molecule has 1 fully saturated rings. The van der Waals surface area contributed by atoms with Crippen LogP contribution in [0.25, 0.3) is 0 Å². The van der Waals surface area contributed by atoms with Gasteiger partial charge in [-0.15, -0.1) is 5.10 Å². The van der Waals surface area contributed by atoms with Crippen LogP contribution in [0.2, 0.25) is 0 Å². The highest BCUT2D eigenvalue weighted by atomic mass is 32.2. The van der Waals surface area contributed by atoms with Crippen LogP contribution < -0.4 is 0 Å². The maximum atomic E-state index is 12.3. The maximum absolute atomic E-state index is 12.3. The molecule has 20 heavy (non-hydrogen) atoms. The Morgan fingerprint density at radius 1 is 1.20 bits per heavy atom. The van der Waals surface area contributed by atoms with Crippen molar-refractivity contribution in [3.63, 3.8) is 0 Å². The summed E-state index contributed by atoms with van der Waals surface area (Å²) in [6, 6.07) is 9.66. The zero-order chi connectivity index (χ0) is 14.6. The maximum Gasteiger partial charge on any atom is 0.267 e. The molecule has 2 atom stereocenters. The average molecular weight is 290 g/mol. The largest absolute Gasteiger partial charge is 0.267 e. The van der Waals surface area contributed by atoms with Gasteiger partial charge in [0.1, 0.15) is 5.82 Å². The number of hydrogen-bond donors (Lipinski definition) is 0. The summed E-state index contributed by atoms with van der Waals surface area (Å²) in [4.78, 5) is 4.16. The molecule has 5 nitrogen and oxygen atoms in total. The normalized spacial score (nSPS) is 26.3. The van der Waals surface area contributed by atoms with Gasteiger partial charge in [0.2, 0.25) is 9.84 Å². The Kier molecular flexibility index (Phi) is 2.29. The third kappa shape index (κ3) is 1.78. The van der Waals surface area contributed by atoms with Crippen LogP contribution in [0.4, 0.5) is 0 Å². The van der Waals surface area contributed by atoms with E-state index in [4.69, 9.17) is 1.37 Å². The molecule has 0 spiro atoms. The highest BCUT2D eigenvalue weighted by molar-refractivity contribution is 7.92. The van der Waals surface area contributed by atoms with Crippen molar-refractivity contribution in [3.8, 4) is 0 Å². The van der Waals surface area contributed by atoms with Crippen molar-refractivity contribution in [2.75, 3.05) is 0 Å². The van der Waals surface area contributed by atoms with Gasteiger partial charge in [0, 0.05) is 7.77 Å². The van der Waals surface area contributed by atoms with E-state index >= 15 is 0 Å². The van der Waals surface area contributed by atoms with E-state index in [1.807, 2.05) is 30.3 Å². The molecule has 0 N–H and O–H groups in total. The fourth-order valence-electron chi connectivity index (χ4n) is 2.60. The highest BCUT2D eigenvalue weighted by Crippen LogP contribution is 2.35. The monoisotopic (exact) mass is 290 g/mol. The van der Waals surface area contributed by atoms with Gasteiger partial charge in [0.05, 0.1) is 11.3 Å². The van der Waals surface area contributed by atoms with Gasteiger partial charge in [0.25, 0.3) is 5.16 Å². The van der Waals surface area contributed by atoms with Gasteiger partial charge in [-0.2, -0.15) is 0 Å². The molecule has 0 bridgehead atoms. The molecular formula is C14H15N3O2S. The molecule has 0 amide bonds. The van der Waals surface area contributed by atoms with Crippen molar-refractivity contribution in [3.05, 3.63) is 41.7 Å². The Morgan fingerprint density at radius 3 is 2.65 bits per heavy atom. The topological polar surface area (TPSA) is 64.8 Å². The Hall–Kier alpha value is -1.69. The lowest BCUT2D eigenvalue weighted by atomic mass is 10.1. The van der Waals surface area contributed by atoms with Crippen LogP contribution in [-0.2, 0) is 16.2 Å². The van der Waals surface area contributed by atoms with Gasteiger partial charge in [-0.25, -0.2) is 18.1 Å². The molecule has 2 aliphatic rings. The molecule has 0 radical (unpaired) electrons. The van der Waals surface area contributed by atoms with Gasteiger partial charge in [-0.05, 0) is 24.8 Å². The summed E-state index contributed by atoms with van der Waals surface area (Å²) in [5, 5.41) is 3.81. The lowest BCUT2D eigenvalue weighted by Gasteiger charge is -2.11. The predicted octanol–water partition coefficient (Wildman–Crippen LogP) is 1.75. The zero-order valence-corrected chi connectivity index (χ0v) is 11.6. The fourth-order valence-corrected chi connectivity index (χ4v) is 4.08. The highest BCUT2D eigenvalue weighted by Gasteiger charge is 2.41. The second-order valence-corrected chi connectivity index (χ2v) is 7.43. The smallest absolute Gasteiger partial charge is 0.241 e. The molecule has 0 saturated heterocycles. The van der Waals surface area contributed by atoms with Crippen molar-refractivity contribution in [2.24, 2.45) is 0 Å². The Bertz CT molecular complexity index is 784. The quantitative estimate of drug-likeness (QED) is 0.864. The number of aryl methyl sites for hydroxylation is 1. The van der Waals surface area contributed by atoms with Crippen molar-refractivity contribution < 1.29 is 9.79 Å². The minimum atomic E-state index is -3.40. The number of nitrogens with zero attached hydrogens (tertiary/aromatic N) is 3.